The summed E-state index contributed by atoms with van der Waals surface area (Å²) in [6.45, 7) is 2.37. The molecule has 0 aromatic carbocycles. The second kappa shape index (κ2) is 7.81. The molecule has 5 nitrogen and oxygen atoms in total. The van der Waals surface area contributed by atoms with Crippen LogP contribution >= 0.6 is 11.3 Å². The molecular weight excluding hydrogens is 286 g/mol. The second-order valence-corrected chi connectivity index (χ2v) is 5.71. The van der Waals surface area contributed by atoms with Gasteiger partial charge >= 0.3 is 0 Å². The predicted octanol–water partition coefficient (Wildman–Crippen LogP) is 0.801. The third-order valence-electron chi connectivity index (χ3n) is 3.26. The van der Waals surface area contributed by atoms with Crippen LogP contribution in [0, 0.1) is 11.8 Å². The molecule has 1 aromatic heterocycles. The molecule has 1 saturated heterocycles. The molecule has 0 unspecified atom stereocenters. The normalized spacial score (nSPS) is 13.7. The van der Waals surface area contributed by atoms with Crippen LogP contribution < -0.4 is 11.1 Å². The first-order valence-electron chi connectivity index (χ1n) is 7.04. The van der Waals surface area contributed by atoms with Gasteiger partial charge in [-0.15, -0.1) is 11.3 Å². The van der Waals surface area contributed by atoms with Crippen LogP contribution in [0.25, 0.3) is 0 Å². The Balaban J connectivity index is 1.76. The summed E-state index contributed by atoms with van der Waals surface area (Å²) in [5, 5.41) is 4.53. The molecule has 0 saturated carbocycles. The summed E-state index contributed by atoms with van der Waals surface area (Å²) in [5.74, 6) is 5.60. The van der Waals surface area contributed by atoms with Gasteiger partial charge in [-0.3, -0.25) is 9.59 Å². The molecule has 3 N–H and O–H groups in total. The van der Waals surface area contributed by atoms with Gasteiger partial charge in [0.05, 0.1) is 17.0 Å². The number of thiophene rings is 1. The van der Waals surface area contributed by atoms with Crippen molar-refractivity contribution < 1.29 is 9.59 Å². The third kappa shape index (κ3) is 4.59. The summed E-state index contributed by atoms with van der Waals surface area (Å²) in [6, 6.07) is 1.74. The Morgan fingerprint density at radius 3 is 2.86 bits per heavy atom. The van der Waals surface area contributed by atoms with E-state index in [4.69, 9.17) is 5.73 Å². The van der Waals surface area contributed by atoms with Crippen molar-refractivity contribution in [2.45, 2.75) is 19.3 Å². The lowest BCUT2D eigenvalue weighted by Crippen LogP contribution is -2.32. The molecule has 6 heteroatoms. The molecule has 0 aliphatic carbocycles. The van der Waals surface area contributed by atoms with Crippen molar-refractivity contribution in [2.24, 2.45) is 5.73 Å². The van der Waals surface area contributed by atoms with E-state index >= 15 is 0 Å². The highest BCUT2D eigenvalue weighted by Crippen LogP contribution is 2.13. The minimum Gasteiger partial charge on any atom is -0.351 e. The van der Waals surface area contributed by atoms with Crippen LogP contribution in [0.15, 0.2) is 11.4 Å². The van der Waals surface area contributed by atoms with Gasteiger partial charge in [-0.1, -0.05) is 11.8 Å². The highest BCUT2D eigenvalue weighted by Gasteiger charge is 2.17. The number of likely N-dealkylation sites (tertiary alicyclic amines) is 1. The SMILES string of the molecule is NCC#Cc1cc(C(=O)NCCC(=O)N2CCCC2)cs1. The largest absolute Gasteiger partial charge is 0.351 e. The van der Waals surface area contributed by atoms with Crippen LogP contribution in [-0.4, -0.2) is 42.9 Å². The number of hydrogen-bond donors (Lipinski definition) is 2. The predicted molar refractivity (Wildman–Crippen MR) is 83.0 cm³/mol. The van der Waals surface area contributed by atoms with Gasteiger partial charge in [-0.25, -0.2) is 0 Å². The van der Waals surface area contributed by atoms with Gasteiger partial charge in [0.25, 0.3) is 5.91 Å². The van der Waals surface area contributed by atoms with Crippen molar-refractivity contribution in [1.29, 1.82) is 0 Å². The average molecular weight is 305 g/mol. The standard InChI is InChI=1S/C15H19N3O2S/c16-6-3-4-13-10-12(11-21-13)15(20)17-7-5-14(19)18-8-1-2-9-18/h10-11H,1-2,5-9,16H2,(H,17,20). The van der Waals surface area contributed by atoms with E-state index < -0.39 is 0 Å². The van der Waals surface area contributed by atoms with Gasteiger partial charge < -0.3 is 16.0 Å². The lowest BCUT2D eigenvalue weighted by molar-refractivity contribution is -0.129. The summed E-state index contributed by atoms with van der Waals surface area (Å²) in [5.41, 5.74) is 5.88. The quantitative estimate of drug-likeness (QED) is 0.808. The van der Waals surface area contributed by atoms with Gasteiger partial charge in [0.2, 0.25) is 5.91 Å². The first kappa shape index (κ1) is 15.5. The van der Waals surface area contributed by atoms with E-state index in [0.717, 1.165) is 30.8 Å². The fourth-order valence-electron chi connectivity index (χ4n) is 2.17. The molecule has 2 amide bonds. The topological polar surface area (TPSA) is 75.4 Å². The lowest BCUT2D eigenvalue weighted by atomic mass is 10.3. The van der Waals surface area contributed by atoms with E-state index in [9.17, 15) is 9.59 Å². The molecule has 2 rings (SSSR count). The minimum atomic E-state index is -0.165. The number of carbonyl (C=O) groups is 2. The Hall–Kier alpha value is -1.84. The molecule has 21 heavy (non-hydrogen) atoms. The summed E-state index contributed by atoms with van der Waals surface area (Å²) in [7, 11) is 0. The fourth-order valence-corrected chi connectivity index (χ4v) is 2.92. The smallest absolute Gasteiger partial charge is 0.252 e. The lowest BCUT2D eigenvalue weighted by Gasteiger charge is -2.14. The van der Waals surface area contributed by atoms with Crippen molar-refractivity contribution >= 4 is 23.2 Å². The number of nitrogens with zero attached hydrogens (tertiary/aromatic N) is 1. The Morgan fingerprint density at radius 1 is 1.38 bits per heavy atom. The van der Waals surface area contributed by atoms with Gasteiger partial charge in [0.15, 0.2) is 0 Å². The Morgan fingerprint density at radius 2 is 2.14 bits per heavy atom. The zero-order valence-electron chi connectivity index (χ0n) is 11.9. The van der Waals surface area contributed by atoms with Gasteiger partial charge in [-0.2, -0.15) is 0 Å². The van der Waals surface area contributed by atoms with E-state index in [1.165, 1.54) is 11.3 Å². The molecule has 0 spiro atoms. The average Bonchev–Trinajstić information content (AvgIpc) is 3.16. The van der Waals surface area contributed by atoms with Crippen molar-refractivity contribution in [1.82, 2.24) is 10.2 Å². The van der Waals surface area contributed by atoms with E-state index in [-0.39, 0.29) is 11.8 Å². The third-order valence-corrected chi connectivity index (χ3v) is 4.10. The molecule has 2 heterocycles. The number of nitrogens with one attached hydrogen (secondary N) is 1. The molecule has 1 aliphatic rings. The van der Waals surface area contributed by atoms with Crippen molar-refractivity contribution in [3.05, 3.63) is 21.9 Å². The molecule has 0 radical (unpaired) electrons. The van der Waals surface area contributed by atoms with Gasteiger partial charge in [0.1, 0.15) is 0 Å². The monoisotopic (exact) mass is 305 g/mol. The molecule has 1 fully saturated rings. The first-order valence-corrected chi connectivity index (χ1v) is 7.92. The molecule has 0 atom stereocenters. The number of carbonyl (C=O) groups excluding carboxylic acids is 2. The number of hydrogen-bond acceptors (Lipinski definition) is 4. The first-order chi connectivity index (χ1) is 10.2. The zero-order chi connectivity index (χ0) is 15.1. The maximum Gasteiger partial charge on any atom is 0.252 e. The van der Waals surface area contributed by atoms with Crippen LogP contribution in [0.4, 0.5) is 0 Å². The van der Waals surface area contributed by atoms with Gasteiger partial charge in [-0.05, 0) is 18.9 Å². The Kier molecular flexibility index (Phi) is 5.78. The van der Waals surface area contributed by atoms with E-state index in [0.29, 0.717) is 25.1 Å². The highest BCUT2D eigenvalue weighted by molar-refractivity contribution is 7.10. The Labute approximate surface area is 128 Å². The molecule has 112 valence electrons. The van der Waals surface area contributed by atoms with Crippen LogP contribution in [0.2, 0.25) is 0 Å². The molecule has 1 aliphatic heterocycles. The summed E-state index contributed by atoms with van der Waals surface area (Å²) >= 11 is 1.41. The summed E-state index contributed by atoms with van der Waals surface area (Å²) < 4.78 is 0. The van der Waals surface area contributed by atoms with E-state index in [2.05, 4.69) is 17.2 Å². The van der Waals surface area contributed by atoms with Crippen molar-refractivity contribution in [2.75, 3.05) is 26.2 Å². The fraction of sp³-hybridized carbons (Fsp3) is 0.467. The van der Waals surface area contributed by atoms with Gasteiger partial charge in [0, 0.05) is 31.4 Å². The summed E-state index contributed by atoms with van der Waals surface area (Å²) in [4.78, 5) is 26.4. The number of rotatable bonds is 4. The minimum absolute atomic E-state index is 0.118. The summed E-state index contributed by atoms with van der Waals surface area (Å²) in [6.07, 6.45) is 2.52. The second-order valence-electron chi connectivity index (χ2n) is 4.80. The van der Waals surface area contributed by atoms with E-state index in [1.54, 1.807) is 11.4 Å². The highest BCUT2D eigenvalue weighted by atomic mass is 32.1. The number of amides is 2. The van der Waals surface area contributed by atoms with Crippen molar-refractivity contribution in [3.8, 4) is 11.8 Å². The number of nitrogens with two attached hydrogens (primary N) is 1. The Bertz CT molecular complexity index is 565. The van der Waals surface area contributed by atoms with Crippen molar-refractivity contribution in [3.63, 3.8) is 0 Å². The van der Waals surface area contributed by atoms with Crippen LogP contribution in [-0.2, 0) is 4.79 Å². The molecular formula is C15H19N3O2S. The molecule has 1 aromatic rings. The maximum atomic E-state index is 11.9. The van der Waals surface area contributed by atoms with Crippen LogP contribution in [0.3, 0.4) is 0 Å². The van der Waals surface area contributed by atoms with Crippen LogP contribution in [0.1, 0.15) is 34.5 Å². The molecule has 0 bridgehead atoms. The van der Waals surface area contributed by atoms with Crippen LogP contribution in [0.5, 0.6) is 0 Å². The zero-order valence-corrected chi connectivity index (χ0v) is 12.7. The maximum absolute atomic E-state index is 11.9. The van der Waals surface area contributed by atoms with E-state index in [1.807, 2.05) is 4.90 Å².